The van der Waals surface area contributed by atoms with Gasteiger partial charge in [-0.05, 0) is 54.1 Å². The lowest BCUT2D eigenvalue weighted by molar-refractivity contribution is -0.167. The average Bonchev–Trinajstić information content (AvgIpc) is 3.56. The summed E-state index contributed by atoms with van der Waals surface area (Å²) in [6.45, 7) is 0.170. The predicted molar refractivity (Wildman–Crippen MR) is 110 cm³/mol. The number of furan rings is 2. The first-order valence-electron chi connectivity index (χ1n) is 9.70. The zero-order valence-electron chi connectivity index (χ0n) is 16.8. The van der Waals surface area contributed by atoms with Gasteiger partial charge < -0.3 is 23.6 Å². The fourth-order valence-electron chi connectivity index (χ4n) is 2.88. The van der Waals surface area contributed by atoms with Gasteiger partial charge in [0.2, 0.25) is 12.1 Å². The molecule has 4 heterocycles. The van der Waals surface area contributed by atoms with E-state index in [0.29, 0.717) is 16.9 Å². The monoisotopic (exact) mass is 433 g/mol. The van der Waals surface area contributed by atoms with Crippen molar-refractivity contribution in [2.75, 3.05) is 0 Å². The number of carbonyl (C=O) groups is 2. The standard InChI is InChI=1S/C23H19N3O6/c27-21(26-15-18-3-1-13-29-18)20(16-5-9-24-10-6-16)31-23(17-7-11-25-12-8-17)32-22(28)19-4-2-14-30-19/h1-14,20,23H,15H2,(H,26,27)/t20-,23+/m1/s1. The molecule has 32 heavy (non-hydrogen) atoms. The number of hydrogen-bond acceptors (Lipinski definition) is 8. The molecule has 4 rings (SSSR count). The van der Waals surface area contributed by atoms with Crippen LogP contribution < -0.4 is 5.32 Å². The van der Waals surface area contributed by atoms with E-state index in [4.69, 9.17) is 18.3 Å². The minimum Gasteiger partial charge on any atom is -0.467 e. The van der Waals surface area contributed by atoms with Crippen LogP contribution in [0.15, 0.2) is 94.7 Å². The smallest absolute Gasteiger partial charge is 0.376 e. The van der Waals surface area contributed by atoms with Crippen LogP contribution in [0.3, 0.4) is 0 Å². The molecule has 9 nitrogen and oxygen atoms in total. The van der Waals surface area contributed by atoms with Crippen molar-refractivity contribution >= 4 is 11.9 Å². The minimum absolute atomic E-state index is 0.00962. The third-order valence-electron chi connectivity index (χ3n) is 4.44. The zero-order valence-corrected chi connectivity index (χ0v) is 16.8. The number of pyridine rings is 2. The van der Waals surface area contributed by atoms with E-state index < -0.39 is 24.3 Å². The van der Waals surface area contributed by atoms with Crippen molar-refractivity contribution in [1.82, 2.24) is 15.3 Å². The molecule has 9 heteroatoms. The summed E-state index contributed by atoms with van der Waals surface area (Å²) in [7, 11) is 0. The second kappa shape index (κ2) is 10.2. The summed E-state index contributed by atoms with van der Waals surface area (Å²) >= 11 is 0. The molecule has 0 saturated carbocycles. The van der Waals surface area contributed by atoms with Gasteiger partial charge in [-0.15, -0.1) is 0 Å². The second-order valence-electron chi connectivity index (χ2n) is 6.59. The number of rotatable bonds is 9. The van der Waals surface area contributed by atoms with Crippen LogP contribution in [0, 0.1) is 0 Å². The number of hydrogen-bond donors (Lipinski definition) is 1. The van der Waals surface area contributed by atoms with Crippen molar-refractivity contribution < 1.29 is 27.9 Å². The SMILES string of the molecule is O=C(O[C@H](O[C@@H](C(=O)NCc1ccco1)c1ccncc1)c1ccncc1)c1ccco1. The Balaban J connectivity index is 1.58. The Hall–Kier alpha value is -4.24. The van der Waals surface area contributed by atoms with Crippen molar-refractivity contribution in [3.8, 4) is 0 Å². The second-order valence-corrected chi connectivity index (χ2v) is 6.59. The fraction of sp³-hybridized carbons (Fsp3) is 0.130. The molecular formula is C23H19N3O6. The lowest BCUT2D eigenvalue weighted by Gasteiger charge is -2.24. The quantitative estimate of drug-likeness (QED) is 0.314. The van der Waals surface area contributed by atoms with Gasteiger partial charge >= 0.3 is 5.97 Å². The normalized spacial score (nSPS) is 12.6. The summed E-state index contributed by atoms with van der Waals surface area (Å²) in [4.78, 5) is 33.5. The number of esters is 1. The molecule has 0 aromatic carbocycles. The fourth-order valence-corrected chi connectivity index (χ4v) is 2.88. The van der Waals surface area contributed by atoms with E-state index in [1.54, 1.807) is 54.9 Å². The summed E-state index contributed by atoms with van der Waals surface area (Å²) in [6, 6.07) is 13.1. The molecule has 162 valence electrons. The van der Waals surface area contributed by atoms with Gasteiger partial charge in [0.1, 0.15) is 5.76 Å². The maximum atomic E-state index is 13.1. The maximum absolute atomic E-state index is 13.1. The van der Waals surface area contributed by atoms with E-state index in [2.05, 4.69) is 15.3 Å². The molecule has 0 fully saturated rings. The van der Waals surface area contributed by atoms with Crippen LogP contribution in [0.25, 0.3) is 0 Å². The van der Waals surface area contributed by atoms with E-state index in [-0.39, 0.29) is 12.3 Å². The van der Waals surface area contributed by atoms with Crippen LogP contribution in [0.4, 0.5) is 0 Å². The lowest BCUT2D eigenvalue weighted by atomic mass is 10.1. The molecule has 4 aromatic heterocycles. The largest absolute Gasteiger partial charge is 0.467 e. The summed E-state index contributed by atoms with van der Waals surface area (Å²) < 4.78 is 21.9. The third-order valence-corrected chi connectivity index (χ3v) is 4.44. The van der Waals surface area contributed by atoms with Crippen LogP contribution in [0.5, 0.6) is 0 Å². The van der Waals surface area contributed by atoms with Gasteiger partial charge in [0.05, 0.1) is 19.1 Å². The molecule has 0 saturated heterocycles. The van der Waals surface area contributed by atoms with Crippen molar-refractivity contribution in [2.24, 2.45) is 0 Å². The molecule has 0 aliphatic rings. The van der Waals surface area contributed by atoms with Crippen LogP contribution in [-0.4, -0.2) is 21.8 Å². The van der Waals surface area contributed by atoms with E-state index in [0.717, 1.165) is 0 Å². The van der Waals surface area contributed by atoms with E-state index in [9.17, 15) is 9.59 Å². The highest BCUT2D eigenvalue weighted by Crippen LogP contribution is 2.29. The summed E-state index contributed by atoms with van der Waals surface area (Å²) in [5, 5.41) is 2.77. The molecule has 0 radical (unpaired) electrons. The zero-order chi connectivity index (χ0) is 22.2. The van der Waals surface area contributed by atoms with Gasteiger partial charge in [0.15, 0.2) is 6.10 Å². The number of nitrogens with zero attached hydrogens (tertiary/aromatic N) is 2. The van der Waals surface area contributed by atoms with Gasteiger partial charge in [0.25, 0.3) is 5.91 Å². The van der Waals surface area contributed by atoms with Crippen molar-refractivity contribution in [3.05, 3.63) is 108 Å². The lowest BCUT2D eigenvalue weighted by Crippen LogP contribution is -2.32. The van der Waals surface area contributed by atoms with Gasteiger partial charge in [-0.1, -0.05) is 0 Å². The Morgan fingerprint density at radius 2 is 1.53 bits per heavy atom. The van der Waals surface area contributed by atoms with Crippen LogP contribution in [-0.2, 0) is 20.8 Å². The maximum Gasteiger partial charge on any atom is 0.376 e. The first kappa shape index (κ1) is 21.0. The van der Waals surface area contributed by atoms with Crippen molar-refractivity contribution in [2.45, 2.75) is 18.9 Å². The molecule has 1 amide bonds. The number of aromatic nitrogens is 2. The Labute approximate surface area is 183 Å². The Kier molecular flexibility index (Phi) is 6.69. The highest BCUT2D eigenvalue weighted by atomic mass is 16.7. The van der Waals surface area contributed by atoms with Gasteiger partial charge in [0, 0.05) is 30.4 Å². The molecule has 0 aliphatic carbocycles. The number of nitrogens with one attached hydrogen (secondary N) is 1. The predicted octanol–water partition coefficient (Wildman–Crippen LogP) is 3.59. The highest BCUT2D eigenvalue weighted by molar-refractivity contribution is 5.86. The molecule has 0 spiro atoms. The third kappa shape index (κ3) is 5.27. The first-order valence-corrected chi connectivity index (χ1v) is 9.70. The first-order chi connectivity index (χ1) is 15.7. The van der Waals surface area contributed by atoms with Gasteiger partial charge in [-0.2, -0.15) is 0 Å². The molecule has 4 aromatic rings. The van der Waals surface area contributed by atoms with Gasteiger partial charge in [-0.3, -0.25) is 14.8 Å². The summed E-state index contributed by atoms with van der Waals surface area (Å²) in [5.74, 6) is -0.584. The summed E-state index contributed by atoms with van der Waals surface area (Å²) in [5.41, 5.74) is 1.03. The topological polar surface area (TPSA) is 117 Å². The Morgan fingerprint density at radius 3 is 2.16 bits per heavy atom. The van der Waals surface area contributed by atoms with Crippen molar-refractivity contribution in [1.29, 1.82) is 0 Å². The molecular weight excluding hydrogens is 414 g/mol. The summed E-state index contributed by atoms with van der Waals surface area (Å²) in [6.07, 6.45) is 6.73. The molecule has 0 unspecified atom stereocenters. The molecule has 0 bridgehead atoms. The Morgan fingerprint density at radius 1 is 0.875 bits per heavy atom. The van der Waals surface area contributed by atoms with Crippen LogP contribution in [0.1, 0.15) is 39.8 Å². The van der Waals surface area contributed by atoms with E-state index in [1.165, 1.54) is 31.0 Å². The van der Waals surface area contributed by atoms with Crippen molar-refractivity contribution in [3.63, 3.8) is 0 Å². The van der Waals surface area contributed by atoms with E-state index >= 15 is 0 Å². The van der Waals surface area contributed by atoms with E-state index in [1.807, 2.05) is 0 Å². The van der Waals surface area contributed by atoms with Gasteiger partial charge in [-0.25, -0.2) is 4.79 Å². The average molecular weight is 433 g/mol. The minimum atomic E-state index is -1.21. The molecule has 0 aliphatic heterocycles. The number of amides is 1. The Bertz CT molecular complexity index is 1120. The van der Waals surface area contributed by atoms with Crippen LogP contribution >= 0.6 is 0 Å². The highest BCUT2D eigenvalue weighted by Gasteiger charge is 2.29. The van der Waals surface area contributed by atoms with Crippen LogP contribution in [0.2, 0.25) is 0 Å². The molecule has 1 N–H and O–H groups in total. The molecule has 2 atom stereocenters. The number of carbonyl (C=O) groups excluding carboxylic acids is 2. The number of ether oxygens (including phenoxy) is 2.